The molecular formula is C22H28N2O5S. The molecule has 162 valence electrons. The lowest BCUT2D eigenvalue weighted by molar-refractivity contribution is -0.147. The van der Waals surface area contributed by atoms with E-state index in [1.807, 2.05) is 0 Å². The summed E-state index contributed by atoms with van der Waals surface area (Å²) in [5.41, 5.74) is 1.66. The van der Waals surface area contributed by atoms with Gasteiger partial charge < -0.3 is 20.5 Å². The molecule has 0 unspecified atom stereocenters. The average Bonchev–Trinajstić information content (AvgIpc) is 3.48. The third kappa shape index (κ3) is 3.43. The van der Waals surface area contributed by atoms with Gasteiger partial charge in [-0.3, -0.25) is 14.4 Å². The molecule has 5 rings (SSSR count). The molecule has 2 aliphatic heterocycles. The largest absolute Gasteiger partial charge is 0.481 e. The van der Waals surface area contributed by atoms with Gasteiger partial charge in [0.15, 0.2) is 0 Å². The van der Waals surface area contributed by atoms with Crippen LogP contribution in [0.4, 0.5) is 5.00 Å². The summed E-state index contributed by atoms with van der Waals surface area (Å²) in [5.74, 6) is -2.93. The molecule has 0 aromatic carbocycles. The van der Waals surface area contributed by atoms with Gasteiger partial charge in [0.05, 0.1) is 29.6 Å². The number of fused-ring (bicyclic) bond motifs is 3. The smallest absolute Gasteiger partial charge is 0.310 e. The van der Waals surface area contributed by atoms with Gasteiger partial charge in [0.2, 0.25) is 5.91 Å². The van der Waals surface area contributed by atoms with E-state index in [4.69, 9.17) is 4.74 Å². The normalized spacial score (nSPS) is 30.3. The van der Waals surface area contributed by atoms with Crippen molar-refractivity contribution in [1.82, 2.24) is 5.32 Å². The van der Waals surface area contributed by atoms with Gasteiger partial charge in [0.25, 0.3) is 5.91 Å². The van der Waals surface area contributed by atoms with Crippen molar-refractivity contribution < 1.29 is 24.2 Å². The summed E-state index contributed by atoms with van der Waals surface area (Å²) in [6, 6.07) is 0.196. The zero-order valence-corrected chi connectivity index (χ0v) is 17.8. The van der Waals surface area contributed by atoms with Crippen LogP contribution < -0.4 is 10.6 Å². The monoisotopic (exact) mass is 432 g/mol. The number of aryl methyl sites for hydroxylation is 1. The molecular weight excluding hydrogens is 404 g/mol. The van der Waals surface area contributed by atoms with Crippen molar-refractivity contribution in [1.29, 1.82) is 0 Å². The maximum Gasteiger partial charge on any atom is 0.310 e. The van der Waals surface area contributed by atoms with Gasteiger partial charge in [-0.25, -0.2) is 0 Å². The first-order valence-corrected chi connectivity index (χ1v) is 12.0. The van der Waals surface area contributed by atoms with Crippen LogP contribution in [-0.2, 0) is 27.2 Å². The van der Waals surface area contributed by atoms with Crippen LogP contribution in [0.15, 0.2) is 0 Å². The van der Waals surface area contributed by atoms with Gasteiger partial charge in [0, 0.05) is 10.9 Å². The minimum Gasteiger partial charge on any atom is -0.481 e. The van der Waals surface area contributed by atoms with Crippen molar-refractivity contribution in [2.24, 2.45) is 11.8 Å². The molecule has 2 aliphatic carbocycles. The molecule has 4 aliphatic rings. The summed E-state index contributed by atoms with van der Waals surface area (Å²) in [6.07, 6.45) is 8.97. The quantitative estimate of drug-likeness (QED) is 0.663. The molecule has 0 radical (unpaired) electrons. The Morgan fingerprint density at radius 2 is 1.67 bits per heavy atom. The predicted octanol–water partition coefficient (Wildman–Crippen LogP) is 3.12. The third-order valence-electron chi connectivity index (χ3n) is 7.19. The van der Waals surface area contributed by atoms with Gasteiger partial charge in [-0.2, -0.15) is 0 Å². The Bertz CT molecular complexity index is 875. The molecule has 0 spiro atoms. The number of amides is 2. The molecule has 3 heterocycles. The van der Waals surface area contributed by atoms with E-state index >= 15 is 0 Å². The molecule has 8 heteroatoms. The topological polar surface area (TPSA) is 105 Å². The number of carbonyl (C=O) groups is 3. The number of carboxylic acid groups (broad SMARTS) is 1. The molecule has 30 heavy (non-hydrogen) atoms. The average molecular weight is 433 g/mol. The zero-order valence-electron chi connectivity index (χ0n) is 16.9. The fourth-order valence-electron chi connectivity index (χ4n) is 5.76. The minimum absolute atomic E-state index is 0.101. The van der Waals surface area contributed by atoms with Gasteiger partial charge in [0.1, 0.15) is 5.00 Å². The van der Waals surface area contributed by atoms with Crippen molar-refractivity contribution in [3.05, 3.63) is 16.0 Å². The highest BCUT2D eigenvalue weighted by molar-refractivity contribution is 7.17. The van der Waals surface area contributed by atoms with E-state index in [9.17, 15) is 19.5 Å². The Hall–Kier alpha value is -1.93. The summed E-state index contributed by atoms with van der Waals surface area (Å²) in [6.45, 7) is 0. The SMILES string of the molecule is O=C(NC1CCCCC1)c1c(NC(=O)[C@@H]2[C@@H](C(=O)O)[C@@H]3CC[C@@H]2O3)sc2c1CCC2. The number of hydrogen-bond donors (Lipinski definition) is 3. The van der Waals surface area contributed by atoms with Crippen LogP contribution in [0.5, 0.6) is 0 Å². The molecule has 1 aromatic rings. The van der Waals surface area contributed by atoms with Crippen LogP contribution in [0.2, 0.25) is 0 Å². The third-order valence-corrected chi connectivity index (χ3v) is 8.39. The number of rotatable bonds is 5. The Morgan fingerprint density at radius 1 is 0.933 bits per heavy atom. The van der Waals surface area contributed by atoms with Crippen molar-refractivity contribution in [3.8, 4) is 0 Å². The molecule has 2 amide bonds. The lowest BCUT2D eigenvalue weighted by atomic mass is 9.79. The Morgan fingerprint density at radius 3 is 2.40 bits per heavy atom. The zero-order chi connectivity index (χ0) is 20.8. The van der Waals surface area contributed by atoms with E-state index in [0.29, 0.717) is 23.4 Å². The van der Waals surface area contributed by atoms with Crippen molar-refractivity contribution in [2.75, 3.05) is 5.32 Å². The highest BCUT2D eigenvalue weighted by Gasteiger charge is 2.55. The summed E-state index contributed by atoms with van der Waals surface area (Å²) in [5, 5.41) is 16.3. The number of aliphatic carboxylic acids is 1. The van der Waals surface area contributed by atoms with E-state index in [1.54, 1.807) is 0 Å². The van der Waals surface area contributed by atoms with Crippen LogP contribution in [0.1, 0.15) is 72.2 Å². The van der Waals surface area contributed by atoms with Crippen LogP contribution in [0.3, 0.4) is 0 Å². The van der Waals surface area contributed by atoms with Crippen LogP contribution in [0, 0.1) is 11.8 Å². The van der Waals surface area contributed by atoms with E-state index in [2.05, 4.69) is 10.6 Å². The Labute approximate surface area is 179 Å². The maximum absolute atomic E-state index is 13.2. The van der Waals surface area contributed by atoms with Crippen molar-refractivity contribution in [3.63, 3.8) is 0 Å². The fourth-order valence-corrected chi connectivity index (χ4v) is 7.05. The van der Waals surface area contributed by atoms with E-state index in [1.165, 1.54) is 17.8 Å². The first kappa shape index (κ1) is 20.0. The van der Waals surface area contributed by atoms with Crippen LogP contribution in [-0.4, -0.2) is 41.1 Å². The number of carboxylic acids is 1. The standard InChI is InChI=1S/C22H28N2O5S/c25-19(23-11-5-2-1-3-6-11)16-12-7-4-8-15(12)30-21(16)24-20(26)17-13-9-10-14(29-13)18(17)22(27)28/h11,13-14,17-18H,1-10H2,(H,23,25)(H,24,26)(H,27,28)/t13-,14-,17-,18-/m0/s1. The molecule has 3 fully saturated rings. The highest BCUT2D eigenvalue weighted by Crippen LogP contribution is 2.45. The Balaban J connectivity index is 1.37. The second-order valence-electron chi connectivity index (χ2n) is 9.04. The van der Waals surface area contributed by atoms with E-state index in [-0.39, 0.29) is 30.1 Å². The van der Waals surface area contributed by atoms with Gasteiger partial charge in [-0.05, 0) is 50.5 Å². The lowest BCUT2D eigenvalue weighted by Crippen LogP contribution is -2.41. The maximum atomic E-state index is 13.2. The van der Waals surface area contributed by atoms with Gasteiger partial charge >= 0.3 is 5.97 Å². The van der Waals surface area contributed by atoms with Gasteiger partial charge in [-0.1, -0.05) is 19.3 Å². The van der Waals surface area contributed by atoms with Crippen molar-refractivity contribution >= 4 is 34.1 Å². The molecule has 7 nitrogen and oxygen atoms in total. The van der Waals surface area contributed by atoms with E-state index in [0.717, 1.165) is 55.4 Å². The molecule has 4 atom stereocenters. The molecule has 2 bridgehead atoms. The first-order valence-electron chi connectivity index (χ1n) is 11.2. The molecule has 1 saturated carbocycles. The predicted molar refractivity (Wildman–Crippen MR) is 112 cm³/mol. The number of thiophene rings is 1. The number of carbonyl (C=O) groups excluding carboxylic acids is 2. The highest BCUT2D eigenvalue weighted by atomic mass is 32.1. The second-order valence-corrected chi connectivity index (χ2v) is 10.1. The van der Waals surface area contributed by atoms with E-state index < -0.39 is 17.8 Å². The molecule has 2 saturated heterocycles. The number of ether oxygens (including phenoxy) is 1. The second kappa shape index (κ2) is 7.96. The first-order chi connectivity index (χ1) is 14.5. The molecule has 3 N–H and O–H groups in total. The van der Waals surface area contributed by atoms with Crippen LogP contribution >= 0.6 is 11.3 Å². The molecule has 1 aromatic heterocycles. The Kier molecular flexibility index (Phi) is 5.31. The van der Waals surface area contributed by atoms with Crippen LogP contribution in [0.25, 0.3) is 0 Å². The number of hydrogen-bond acceptors (Lipinski definition) is 5. The fraction of sp³-hybridized carbons (Fsp3) is 0.682. The lowest BCUT2D eigenvalue weighted by Gasteiger charge is -2.24. The summed E-state index contributed by atoms with van der Waals surface area (Å²) in [7, 11) is 0. The summed E-state index contributed by atoms with van der Waals surface area (Å²) >= 11 is 1.47. The number of anilines is 1. The number of nitrogens with one attached hydrogen (secondary N) is 2. The minimum atomic E-state index is -0.980. The van der Waals surface area contributed by atoms with Crippen molar-refractivity contribution in [2.45, 2.75) is 82.5 Å². The summed E-state index contributed by atoms with van der Waals surface area (Å²) in [4.78, 5) is 39.2. The summed E-state index contributed by atoms with van der Waals surface area (Å²) < 4.78 is 5.74. The van der Waals surface area contributed by atoms with Gasteiger partial charge in [-0.15, -0.1) is 11.3 Å².